The maximum atomic E-state index is 12.3. The second kappa shape index (κ2) is 5.38. The fraction of sp³-hybridized carbons (Fsp3) is 0.438. The van der Waals surface area contributed by atoms with Crippen molar-refractivity contribution in [3.63, 3.8) is 0 Å². The molecule has 0 atom stereocenters. The fourth-order valence-corrected chi connectivity index (χ4v) is 3.12. The molecule has 100 valence electrons. The Bertz CT molecular complexity index is 546. The highest BCUT2D eigenvalue weighted by Gasteiger charge is 2.21. The predicted molar refractivity (Wildman–Crippen MR) is 75.9 cm³/mol. The lowest BCUT2D eigenvalue weighted by Gasteiger charge is -2.13. The molecule has 0 N–H and O–H groups in total. The summed E-state index contributed by atoms with van der Waals surface area (Å²) in [5.74, 6) is 1.11. The quantitative estimate of drug-likeness (QED) is 0.837. The molecule has 1 heterocycles. The molecule has 1 aromatic rings. The molecule has 0 saturated carbocycles. The monoisotopic (exact) mass is 276 g/mol. The first-order chi connectivity index (χ1) is 9.24. The van der Waals surface area contributed by atoms with Gasteiger partial charge in [0.2, 0.25) is 0 Å². The van der Waals surface area contributed by atoms with Gasteiger partial charge in [0.15, 0.2) is 5.78 Å². The first-order valence-electron chi connectivity index (χ1n) is 6.90. The normalized spacial score (nSPS) is 17.6. The van der Waals surface area contributed by atoms with Crippen LogP contribution in [0.1, 0.15) is 36.8 Å². The van der Waals surface area contributed by atoms with E-state index in [4.69, 9.17) is 16.3 Å². The van der Waals surface area contributed by atoms with E-state index in [1.807, 2.05) is 12.1 Å². The predicted octanol–water partition coefficient (Wildman–Crippen LogP) is 3.89. The fourth-order valence-electron chi connectivity index (χ4n) is 2.86. The van der Waals surface area contributed by atoms with E-state index in [-0.39, 0.29) is 5.78 Å². The zero-order valence-electron chi connectivity index (χ0n) is 10.9. The molecule has 3 heteroatoms. The van der Waals surface area contributed by atoms with Crippen LogP contribution in [0.3, 0.4) is 0 Å². The van der Waals surface area contributed by atoms with Crippen molar-refractivity contribution in [2.24, 2.45) is 0 Å². The molecule has 0 aromatic heterocycles. The van der Waals surface area contributed by atoms with Gasteiger partial charge >= 0.3 is 0 Å². The highest BCUT2D eigenvalue weighted by Crippen LogP contribution is 2.34. The Morgan fingerprint density at radius 1 is 1.26 bits per heavy atom. The molecule has 0 unspecified atom stereocenters. The van der Waals surface area contributed by atoms with Crippen molar-refractivity contribution in [2.75, 3.05) is 6.61 Å². The van der Waals surface area contributed by atoms with Gasteiger partial charge in [0, 0.05) is 23.4 Å². The smallest absolute Gasteiger partial charge is 0.163 e. The number of ether oxygens (including phenoxy) is 1. The van der Waals surface area contributed by atoms with Crippen molar-refractivity contribution >= 4 is 17.4 Å². The molecule has 2 nitrogen and oxygen atoms in total. The van der Waals surface area contributed by atoms with E-state index in [9.17, 15) is 4.79 Å². The van der Waals surface area contributed by atoms with Gasteiger partial charge in [-0.3, -0.25) is 4.79 Å². The number of halogens is 1. The number of ketones is 1. The number of rotatable bonds is 3. The molecular weight excluding hydrogens is 260 g/mol. The van der Waals surface area contributed by atoms with Gasteiger partial charge in [-0.15, -0.1) is 0 Å². The number of benzene rings is 1. The van der Waals surface area contributed by atoms with E-state index in [0.717, 1.165) is 48.1 Å². The topological polar surface area (TPSA) is 26.3 Å². The van der Waals surface area contributed by atoms with Crippen molar-refractivity contribution in [1.82, 2.24) is 0 Å². The van der Waals surface area contributed by atoms with Crippen LogP contribution in [-0.2, 0) is 17.6 Å². The Hall–Kier alpha value is -1.28. The summed E-state index contributed by atoms with van der Waals surface area (Å²) < 4.78 is 5.64. The molecule has 0 bridgehead atoms. The van der Waals surface area contributed by atoms with Crippen LogP contribution in [0.2, 0.25) is 5.02 Å². The van der Waals surface area contributed by atoms with Gasteiger partial charge in [0.05, 0.1) is 6.61 Å². The molecule has 1 aliphatic carbocycles. The zero-order valence-corrected chi connectivity index (χ0v) is 11.6. The first kappa shape index (κ1) is 12.7. The summed E-state index contributed by atoms with van der Waals surface area (Å²) in [7, 11) is 0. The van der Waals surface area contributed by atoms with Crippen LogP contribution < -0.4 is 4.74 Å². The van der Waals surface area contributed by atoms with Crippen LogP contribution >= 0.6 is 11.6 Å². The van der Waals surface area contributed by atoms with Crippen LogP contribution in [0.5, 0.6) is 5.75 Å². The van der Waals surface area contributed by atoms with E-state index in [1.165, 1.54) is 6.42 Å². The second-order valence-electron chi connectivity index (χ2n) is 5.23. The van der Waals surface area contributed by atoms with Gasteiger partial charge in [-0.1, -0.05) is 17.7 Å². The van der Waals surface area contributed by atoms with Crippen LogP contribution in [0, 0.1) is 0 Å². The summed E-state index contributed by atoms with van der Waals surface area (Å²) >= 11 is 6.12. The van der Waals surface area contributed by atoms with Crippen molar-refractivity contribution in [3.05, 3.63) is 39.9 Å². The van der Waals surface area contributed by atoms with Crippen molar-refractivity contribution in [2.45, 2.75) is 38.5 Å². The number of carbonyl (C=O) groups is 1. The maximum absolute atomic E-state index is 12.3. The summed E-state index contributed by atoms with van der Waals surface area (Å²) in [4.78, 5) is 12.3. The summed E-state index contributed by atoms with van der Waals surface area (Å²) in [6.07, 6.45) is 7.67. The molecule has 2 aliphatic rings. The van der Waals surface area contributed by atoms with Crippen molar-refractivity contribution in [1.29, 1.82) is 0 Å². The SMILES string of the molecule is O=C(Cc1cc(Cl)cc2c1OCC2)C1=CCCCC1. The molecule has 1 aliphatic heterocycles. The lowest BCUT2D eigenvalue weighted by molar-refractivity contribution is -0.115. The third kappa shape index (κ3) is 2.69. The Labute approximate surface area is 118 Å². The van der Waals surface area contributed by atoms with Crippen molar-refractivity contribution in [3.8, 4) is 5.75 Å². The lowest BCUT2D eigenvalue weighted by Crippen LogP contribution is -2.09. The maximum Gasteiger partial charge on any atom is 0.163 e. The lowest BCUT2D eigenvalue weighted by atomic mass is 9.92. The van der Waals surface area contributed by atoms with Crippen LogP contribution in [0.15, 0.2) is 23.8 Å². The summed E-state index contributed by atoms with van der Waals surface area (Å²) in [6, 6.07) is 3.81. The van der Waals surface area contributed by atoms with Gasteiger partial charge in [-0.2, -0.15) is 0 Å². The highest BCUT2D eigenvalue weighted by atomic mass is 35.5. The Balaban J connectivity index is 1.83. The van der Waals surface area contributed by atoms with Gasteiger partial charge in [0.25, 0.3) is 0 Å². The number of allylic oxidation sites excluding steroid dienone is 2. The average molecular weight is 277 g/mol. The minimum absolute atomic E-state index is 0.222. The third-order valence-electron chi connectivity index (χ3n) is 3.83. The van der Waals surface area contributed by atoms with Crippen LogP contribution in [-0.4, -0.2) is 12.4 Å². The molecule has 0 fully saturated rings. The molecule has 19 heavy (non-hydrogen) atoms. The van der Waals surface area contributed by atoms with E-state index in [0.29, 0.717) is 18.1 Å². The molecular formula is C16H17ClO2. The number of hydrogen-bond donors (Lipinski definition) is 0. The van der Waals surface area contributed by atoms with E-state index < -0.39 is 0 Å². The molecule has 0 saturated heterocycles. The molecule has 0 radical (unpaired) electrons. The van der Waals surface area contributed by atoms with Gasteiger partial charge in [0.1, 0.15) is 5.75 Å². The van der Waals surface area contributed by atoms with E-state index in [1.54, 1.807) is 0 Å². The summed E-state index contributed by atoms with van der Waals surface area (Å²) in [6.45, 7) is 0.694. The van der Waals surface area contributed by atoms with Crippen LogP contribution in [0.25, 0.3) is 0 Å². The molecule has 0 amide bonds. The van der Waals surface area contributed by atoms with Gasteiger partial charge < -0.3 is 4.74 Å². The summed E-state index contributed by atoms with van der Waals surface area (Å²) in [5, 5.41) is 0.699. The number of carbonyl (C=O) groups excluding carboxylic acids is 1. The zero-order chi connectivity index (χ0) is 13.2. The first-order valence-corrected chi connectivity index (χ1v) is 7.28. The minimum Gasteiger partial charge on any atom is -0.493 e. The Morgan fingerprint density at radius 3 is 2.95 bits per heavy atom. The molecule has 1 aromatic carbocycles. The van der Waals surface area contributed by atoms with E-state index >= 15 is 0 Å². The Morgan fingerprint density at radius 2 is 2.16 bits per heavy atom. The molecule has 0 spiro atoms. The van der Waals surface area contributed by atoms with Gasteiger partial charge in [-0.25, -0.2) is 0 Å². The minimum atomic E-state index is 0.222. The van der Waals surface area contributed by atoms with Gasteiger partial charge in [-0.05, 0) is 49.0 Å². The number of fused-ring (bicyclic) bond motifs is 1. The number of Topliss-reactive ketones (excluding diaryl/α,β-unsaturated/α-hetero) is 1. The Kier molecular flexibility index (Phi) is 3.61. The molecule has 3 rings (SSSR count). The van der Waals surface area contributed by atoms with E-state index in [2.05, 4.69) is 6.08 Å². The largest absolute Gasteiger partial charge is 0.493 e. The highest BCUT2D eigenvalue weighted by molar-refractivity contribution is 6.30. The second-order valence-corrected chi connectivity index (χ2v) is 5.66. The van der Waals surface area contributed by atoms with Crippen LogP contribution in [0.4, 0.5) is 0 Å². The average Bonchev–Trinajstić information content (AvgIpc) is 2.88. The summed E-state index contributed by atoms with van der Waals surface area (Å²) in [5.41, 5.74) is 3.06. The van der Waals surface area contributed by atoms with Crippen molar-refractivity contribution < 1.29 is 9.53 Å². The number of hydrogen-bond acceptors (Lipinski definition) is 2. The third-order valence-corrected chi connectivity index (χ3v) is 4.04. The standard InChI is InChI=1S/C16H17ClO2/c17-14-8-12-6-7-19-16(12)13(9-14)10-15(18)11-4-2-1-3-5-11/h4,8-9H,1-3,5-7,10H2.